The maximum Gasteiger partial charge on any atom is 0.424 e. The summed E-state index contributed by atoms with van der Waals surface area (Å²) in [5.41, 5.74) is 0.334. The summed E-state index contributed by atoms with van der Waals surface area (Å²) in [5, 5.41) is 0. The first-order valence-electron chi connectivity index (χ1n) is 17.1. The molecular weight excluding hydrogens is 618 g/mol. The summed E-state index contributed by atoms with van der Waals surface area (Å²) in [4.78, 5) is 0. The van der Waals surface area contributed by atoms with Crippen LogP contribution in [0.25, 0.3) is 0 Å². The van der Waals surface area contributed by atoms with Crippen LogP contribution in [0.5, 0.6) is 0 Å². The zero-order valence-corrected chi connectivity index (χ0v) is 28.8. The lowest BCUT2D eigenvalue weighted by Gasteiger charge is -2.11. The molecule has 0 aliphatic heterocycles. The van der Waals surface area contributed by atoms with Crippen LogP contribution in [0.3, 0.4) is 0 Å². The Morgan fingerprint density at radius 3 is 1.15 bits per heavy atom. The van der Waals surface area contributed by atoms with Crippen LogP contribution in [0.15, 0.2) is 107 Å². The van der Waals surface area contributed by atoms with Gasteiger partial charge in [-0.15, -0.1) is 0 Å². The highest BCUT2D eigenvalue weighted by atomic mass is 19.4. The lowest BCUT2D eigenvalue weighted by atomic mass is 10.0. The molecule has 0 fully saturated rings. The largest absolute Gasteiger partial charge is 0.424 e. The lowest BCUT2D eigenvalue weighted by Crippen LogP contribution is -2.13. The van der Waals surface area contributed by atoms with Crippen LogP contribution in [0.4, 0.5) is 26.3 Å². The number of rotatable bonds is 14. The van der Waals surface area contributed by atoms with Crippen LogP contribution in [0.1, 0.15) is 116 Å². The van der Waals surface area contributed by atoms with Crippen molar-refractivity contribution in [3.63, 3.8) is 0 Å². The SMILES string of the molecule is CCCC/C=C/C(CCCC)=C(/C#Cc1ccccc1)C(F)(F)F.CCCC/C=C/C(CCCC)=C(/C#Cc1ccccc1)C(F)(F)F. The molecule has 0 N–H and O–H groups in total. The topological polar surface area (TPSA) is 0 Å². The Labute approximate surface area is 285 Å². The second kappa shape index (κ2) is 24.3. The highest BCUT2D eigenvalue weighted by molar-refractivity contribution is 5.48. The molecule has 0 aromatic heterocycles. The van der Waals surface area contributed by atoms with Crippen molar-refractivity contribution < 1.29 is 26.3 Å². The fourth-order valence-corrected chi connectivity index (χ4v) is 4.39. The average Bonchev–Trinajstić information content (AvgIpc) is 3.05. The Bertz CT molecular complexity index is 1300. The third kappa shape index (κ3) is 18.4. The number of unbranched alkanes of at least 4 members (excludes halogenated alkanes) is 6. The van der Waals surface area contributed by atoms with E-state index in [1.165, 1.54) is 0 Å². The highest BCUT2D eigenvalue weighted by Gasteiger charge is 2.35. The molecule has 0 heterocycles. The molecule has 0 saturated carbocycles. The zero-order chi connectivity index (χ0) is 35.7. The molecule has 0 unspecified atom stereocenters. The Balaban J connectivity index is 0.000000480. The summed E-state index contributed by atoms with van der Waals surface area (Å²) in [6.07, 6.45) is 7.60. The van der Waals surface area contributed by atoms with Crippen molar-refractivity contribution in [3.05, 3.63) is 118 Å². The molecule has 2 aromatic rings. The van der Waals surface area contributed by atoms with Gasteiger partial charge in [0.2, 0.25) is 0 Å². The van der Waals surface area contributed by atoms with Crippen LogP contribution in [-0.4, -0.2) is 12.4 Å². The van der Waals surface area contributed by atoms with Crippen molar-refractivity contribution in [2.75, 3.05) is 0 Å². The molecule has 0 aliphatic carbocycles. The van der Waals surface area contributed by atoms with E-state index < -0.39 is 23.5 Å². The Morgan fingerprint density at radius 1 is 0.521 bits per heavy atom. The van der Waals surface area contributed by atoms with Gasteiger partial charge < -0.3 is 0 Å². The molecule has 0 nitrogen and oxygen atoms in total. The fourth-order valence-electron chi connectivity index (χ4n) is 4.39. The third-order valence-electron chi connectivity index (χ3n) is 7.11. The molecule has 2 rings (SSSR count). The summed E-state index contributed by atoms with van der Waals surface area (Å²) in [5.74, 6) is 10.1. The minimum atomic E-state index is -4.43. The van der Waals surface area contributed by atoms with Gasteiger partial charge in [0.15, 0.2) is 0 Å². The van der Waals surface area contributed by atoms with Crippen molar-refractivity contribution in [2.24, 2.45) is 0 Å². The van der Waals surface area contributed by atoms with Gasteiger partial charge in [-0.1, -0.05) is 151 Å². The molecule has 2 aromatic carbocycles. The van der Waals surface area contributed by atoms with Crippen molar-refractivity contribution >= 4 is 0 Å². The number of hydrogen-bond acceptors (Lipinski definition) is 0. The van der Waals surface area contributed by atoms with E-state index in [1.807, 2.05) is 38.1 Å². The Hall–Kier alpha value is -3.90. The number of hydrogen-bond donors (Lipinski definition) is 0. The molecule has 6 heteroatoms. The van der Waals surface area contributed by atoms with E-state index in [1.54, 1.807) is 60.7 Å². The van der Waals surface area contributed by atoms with Gasteiger partial charge in [0.25, 0.3) is 0 Å². The minimum absolute atomic E-state index is 0.295. The van der Waals surface area contributed by atoms with Crippen LogP contribution in [0.2, 0.25) is 0 Å². The number of alkyl halides is 6. The smallest absolute Gasteiger partial charge is 0.165 e. The van der Waals surface area contributed by atoms with Crippen molar-refractivity contribution in [3.8, 4) is 23.7 Å². The van der Waals surface area contributed by atoms with E-state index in [2.05, 4.69) is 37.5 Å². The summed E-state index contributed by atoms with van der Waals surface area (Å²) in [7, 11) is 0. The molecule has 48 heavy (non-hydrogen) atoms. The molecule has 0 aliphatic rings. The van der Waals surface area contributed by atoms with E-state index >= 15 is 0 Å². The second-order valence-electron chi connectivity index (χ2n) is 11.3. The Kier molecular flexibility index (Phi) is 21.3. The van der Waals surface area contributed by atoms with Crippen molar-refractivity contribution in [1.29, 1.82) is 0 Å². The first-order chi connectivity index (χ1) is 23.0. The minimum Gasteiger partial charge on any atom is -0.165 e. The normalized spacial score (nSPS) is 12.7. The second-order valence-corrected chi connectivity index (χ2v) is 11.3. The highest BCUT2D eigenvalue weighted by Crippen LogP contribution is 2.32. The van der Waals surface area contributed by atoms with E-state index in [4.69, 9.17) is 0 Å². The molecule has 260 valence electrons. The van der Waals surface area contributed by atoms with Gasteiger partial charge in [0, 0.05) is 11.1 Å². The van der Waals surface area contributed by atoms with Crippen LogP contribution >= 0.6 is 0 Å². The first-order valence-corrected chi connectivity index (χ1v) is 17.1. The summed E-state index contributed by atoms with van der Waals surface area (Å²) in [6.45, 7) is 8.07. The Morgan fingerprint density at radius 2 is 0.854 bits per heavy atom. The molecule has 0 spiro atoms. The van der Waals surface area contributed by atoms with E-state index in [9.17, 15) is 26.3 Å². The van der Waals surface area contributed by atoms with Gasteiger partial charge in [0.05, 0.1) is 0 Å². The molecule has 0 atom stereocenters. The van der Waals surface area contributed by atoms with E-state index in [0.29, 0.717) is 35.1 Å². The maximum absolute atomic E-state index is 13.5. The van der Waals surface area contributed by atoms with Crippen molar-refractivity contribution in [1.82, 2.24) is 0 Å². The van der Waals surface area contributed by atoms with Gasteiger partial charge in [-0.25, -0.2) is 0 Å². The van der Waals surface area contributed by atoms with Crippen LogP contribution in [-0.2, 0) is 0 Å². The number of allylic oxidation sites excluding steroid dienone is 8. The van der Waals surface area contributed by atoms with Gasteiger partial charge in [0.1, 0.15) is 11.1 Å². The average molecular weight is 669 g/mol. The fraction of sp³-hybridized carbons (Fsp3) is 0.429. The van der Waals surface area contributed by atoms with Gasteiger partial charge >= 0.3 is 12.4 Å². The van der Waals surface area contributed by atoms with Gasteiger partial charge in [-0.2, -0.15) is 26.3 Å². The summed E-state index contributed by atoms with van der Waals surface area (Å²) in [6, 6.07) is 17.5. The monoisotopic (exact) mass is 668 g/mol. The molecule has 0 saturated heterocycles. The third-order valence-corrected chi connectivity index (χ3v) is 7.11. The molecule has 0 bridgehead atoms. The van der Waals surface area contributed by atoms with Crippen LogP contribution < -0.4 is 0 Å². The predicted octanol–water partition coefficient (Wildman–Crippen LogP) is 13.7. The van der Waals surface area contributed by atoms with E-state index in [0.717, 1.165) is 64.2 Å². The van der Waals surface area contributed by atoms with Gasteiger partial charge in [-0.3, -0.25) is 0 Å². The maximum atomic E-state index is 13.5. The summed E-state index contributed by atoms with van der Waals surface area (Å²) < 4.78 is 80.9. The number of benzene rings is 2. The van der Waals surface area contributed by atoms with E-state index in [-0.39, 0.29) is 0 Å². The molecule has 0 amide bonds. The standard InChI is InChI=1S/2C21H25F3/c2*1-3-5-7-11-15-19(14-6-4-2)20(21(22,23)24)17-16-18-12-9-8-10-13-18/h2*8-13,15H,3-7,14H2,1-2H3/b2*15-11+,20-19-. The van der Waals surface area contributed by atoms with Crippen molar-refractivity contribution in [2.45, 2.75) is 117 Å². The number of halogens is 6. The quantitative estimate of drug-likeness (QED) is 0.0813. The summed E-state index contributed by atoms with van der Waals surface area (Å²) >= 11 is 0. The van der Waals surface area contributed by atoms with Gasteiger partial charge in [-0.05, 0) is 73.9 Å². The molecule has 0 radical (unpaired) electrons. The predicted molar refractivity (Wildman–Crippen MR) is 189 cm³/mol. The molecular formula is C42H50F6. The zero-order valence-electron chi connectivity index (χ0n) is 28.8. The van der Waals surface area contributed by atoms with Crippen LogP contribution in [0, 0.1) is 23.7 Å². The lowest BCUT2D eigenvalue weighted by molar-refractivity contribution is -0.0888. The first kappa shape index (κ1) is 42.1.